The highest BCUT2D eigenvalue weighted by Gasteiger charge is 2.42. The van der Waals surface area contributed by atoms with Crippen LogP contribution in [0.5, 0.6) is 0 Å². The Morgan fingerprint density at radius 1 is 0.857 bits per heavy atom. The molecule has 21 heavy (non-hydrogen) atoms. The van der Waals surface area contributed by atoms with Crippen molar-refractivity contribution < 1.29 is 22.0 Å². The normalized spacial score (nSPS) is 17.2. The molecule has 0 aromatic heterocycles. The van der Waals surface area contributed by atoms with Crippen molar-refractivity contribution in [3.63, 3.8) is 0 Å². The van der Waals surface area contributed by atoms with Crippen molar-refractivity contribution in [2.24, 2.45) is 0 Å². The highest BCUT2D eigenvalue weighted by atomic mass is 19.2. The SMILES string of the molecule is Cc1ccccc1[C@H]1CN1c1c(F)c(F)c(F)c(F)c1F. The van der Waals surface area contributed by atoms with Crippen LogP contribution >= 0.6 is 0 Å². The number of aryl methyl sites for hydroxylation is 1. The van der Waals surface area contributed by atoms with E-state index in [1.165, 1.54) is 4.90 Å². The Bertz CT molecular complexity index is 699. The van der Waals surface area contributed by atoms with Crippen LogP contribution in [-0.4, -0.2) is 6.54 Å². The van der Waals surface area contributed by atoms with Gasteiger partial charge in [-0.2, -0.15) is 0 Å². The van der Waals surface area contributed by atoms with E-state index in [1.54, 1.807) is 12.1 Å². The molecule has 0 bridgehead atoms. The fourth-order valence-electron chi connectivity index (χ4n) is 2.46. The van der Waals surface area contributed by atoms with Gasteiger partial charge in [-0.05, 0) is 18.1 Å². The molecule has 1 atom stereocenters. The van der Waals surface area contributed by atoms with Crippen molar-refractivity contribution in [3.8, 4) is 0 Å². The summed E-state index contributed by atoms with van der Waals surface area (Å²) < 4.78 is 66.9. The van der Waals surface area contributed by atoms with E-state index in [1.807, 2.05) is 19.1 Å². The zero-order chi connectivity index (χ0) is 15.3. The van der Waals surface area contributed by atoms with Crippen LogP contribution in [0, 0.1) is 36.0 Å². The molecule has 3 rings (SSSR count). The Morgan fingerprint density at radius 2 is 1.38 bits per heavy atom. The van der Waals surface area contributed by atoms with Gasteiger partial charge in [0.15, 0.2) is 23.3 Å². The summed E-state index contributed by atoms with van der Waals surface area (Å²) in [6.07, 6.45) is 0. The average Bonchev–Trinajstić information content (AvgIpc) is 3.24. The first-order chi connectivity index (χ1) is 9.93. The topological polar surface area (TPSA) is 3.01 Å². The van der Waals surface area contributed by atoms with Crippen LogP contribution in [0.25, 0.3) is 0 Å². The second-order valence-electron chi connectivity index (χ2n) is 4.94. The molecule has 0 spiro atoms. The van der Waals surface area contributed by atoms with E-state index in [9.17, 15) is 22.0 Å². The van der Waals surface area contributed by atoms with E-state index in [0.717, 1.165) is 11.1 Å². The monoisotopic (exact) mass is 299 g/mol. The molecule has 1 aliphatic heterocycles. The molecule has 0 radical (unpaired) electrons. The van der Waals surface area contributed by atoms with Gasteiger partial charge >= 0.3 is 0 Å². The molecule has 1 aliphatic rings. The summed E-state index contributed by atoms with van der Waals surface area (Å²) in [6.45, 7) is 2.04. The first kappa shape index (κ1) is 13.9. The largest absolute Gasteiger partial charge is 0.355 e. The lowest BCUT2D eigenvalue weighted by molar-refractivity contribution is 0.380. The predicted octanol–water partition coefficient (Wildman–Crippen LogP) is 4.25. The molecule has 6 heteroatoms. The zero-order valence-corrected chi connectivity index (χ0v) is 10.9. The molecule has 0 saturated carbocycles. The smallest absolute Gasteiger partial charge is 0.200 e. The molecule has 110 valence electrons. The van der Waals surface area contributed by atoms with E-state index < -0.39 is 34.8 Å². The third kappa shape index (κ3) is 2.05. The highest BCUT2D eigenvalue weighted by Crippen LogP contribution is 2.44. The lowest BCUT2D eigenvalue weighted by atomic mass is 10.1. The van der Waals surface area contributed by atoms with Gasteiger partial charge in [-0.1, -0.05) is 24.3 Å². The third-order valence-corrected chi connectivity index (χ3v) is 3.63. The first-order valence-corrected chi connectivity index (χ1v) is 6.27. The van der Waals surface area contributed by atoms with Crippen LogP contribution < -0.4 is 4.90 Å². The average molecular weight is 299 g/mol. The lowest BCUT2D eigenvalue weighted by Gasteiger charge is -2.11. The number of halogens is 5. The molecular weight excluding hydrogens is 289 g/mol. The molecule has 2 aromatic carbocycles. The van der Waals surface area contributed by atoms with Gasteiger partial charge in [-0.3, -0.25) is 0 Å². The van der Waals surface area contributed by atoms with E-state index in [2.05, 4.69) is 0 Å². The fourth-order valence-corrected chi connectivity index (χ4v) is 2.46. The quantitative estimate of drug-likeness (QED) is 0.347. The van der Waals surface area contributed by atoms with Crippen molar-refractivity contribution in [1.29, 1.82) is 0 Å². The highest BCUT2D eigenvalue weighted by molar-refractivity contribution is 5.59. The van der Waals surface area contributed by atoms with Crippen molar-refractivity contribution in [1.82, 2.24) is 0 Å². The second kappa shape index (κ2) is 4.72. The molecule has 0 amide bonds. The molecule has 1 fully saturated rings. The van der Waals surface area contributed by atoms with Crippen LogP contribution in [0.1, 0.15) is 17.2 Å². The van der Waals surface area contributed by atoms with Gasteiger partial charge in [0, 0.05) is 6.54 Å². The minimum atomic E-state index is -2.14. The molecule has 1 saturated heterocycles. The second-order valence-corrected chi connectivity index (χ2v) is 4.94. The third-order valence-electron chi connectivity index (χ3n) is 3.63. The van der Waals surface area contributed by atoms with E-state index in [-0.39, 0.29) is 12.6 Å². The minimum Gasteiger partial charge on any atom is -0.355 e. The molecule has 1 nitrogen and oxygen atoms in total. The predicted molar refractivity (Wildman–Crippen MR) is 67.5 cm³/mol. The fraction of sp³-hybridized carbons (Fsp3) is 0.200. The van der Waals surface area contributed by atoms with Crippen LogP contribution in [0.15, 0.2) is 24.3 Å². The number of anilines is 1. The van der Waals surface area contributed by atoms with Crippen LogP contribution in [-0.2, 0) is 0 Å². The van der Waals surface area contributed by atoms with Gasteiger partial charge in [0.25, 0.3) is 0 Å². The van der Waals surface area contributed by atoms with Crippen LogP contribution in [0.4, 0.5) is 27.6 Å². The Balaban J connectivity index is 2.03. The Hall–Kier alpha value is -2.11. The number of hydrogen-bond donors (Lipinski definition) is 0. The number of benzene rings is 2. The summed E-state index contributed by atoms with van der Waals surface area (Å²) in [6, 6.07) is 6.79. The van der Waals surface area contributed by atoms with Gasteiger partial charge in [-0.25, -0.2) is 22.0 Å². The van der Waals surface area contributed by atoms with Crippen LogP contribution in [0.2, 0.25) is 0 Å². The van der Waals surface area contributed by atoms with Crippen LogP contribution in [0.3, 0.4) is 0 Å². The van der Waals surface area contributed by atoms with Crippen molar-refractivity contribution in [3.05, 3.63) is 64.5 Å². The molecule has 0 aliphatic carbocycles. The first-order valence-electron chi connectivity index (χ1n) is 6.27. The molecule has 0 unspecified atom stereocenters. The summed E-state index contributed by atoms with van der Waals surface area (Å²) in [4.78, 5) is 1.17. The number of hydrogen-bond acceptors (Lipinski definition) is 1. The Labute approximate surface area is 117 Å². The number of nitrogens with zero attached hydrogens (tertiary/aromatic N) is 1. The van der Waals surface area contributed by atoms with E-state index in [0.29, 0.717) is 0 Å². The van der Waals surface area contributed by atoms with Gasteiger partial charge < -0.3 is 4.90 Å². The molecule has 0 N–H and O–H groups in total. The van der Waals surface area contributed by atoms with Gasteiger partial charge in [0.1, 0.15) is 5.69 Å². The molecule has 1 heterocycles. The zero-order valence-electron chi connectivity index (χ0n) is 10.9. The van der Waals surface area contributed by atoms with Gasteiger partial charge in [0.05, 0.1) is 6.04 Å². The Morgan fingerprint density at radius 3 is 1.95 bits per heavy atom. The molecule has 2 aromatic rings. The van der Waals surface area contributed by atoms with Gasteiger partial charge in [0.2, 0.25) is 5.82 Å². The molecular formula is C15H10F5N. The maximum atomic E-state index is 13.7. The Kier molecular flexibility index (Phi) is 3.11. The minimum absolute atomic E-state index is 0.212. The maximum Gasteiger partial charge on any atom is 0.200 e. The van der Waals surface area contributed by atoms with E-state index >= 15 is 0 Å². The summed E-state index contributed by atoms with van der Waals surface area (Å²) >= 11 is 0. The summed E-state index contributed by atoms with van der Waals surface area (Å²) in [5.41, 5.74) is 0.843. The summed E-state index contributed by atoms with van der Waals surface area (Å²) in [7, 11) is 0. The van der Waals surface area contributed by atoms with Gasteiger partial charge in [-0.15, -0.1) is 0 Å². The van der Waals surface area contributed by atoms with E-state index in [4.69, 9.17) is 0 Å². The summed E-state index contributed by atoms with van der Waals surface area (Å²) in [5.74, 6) is -9.55. The number of rotatable bonds is 2. The van der Waals surface area contributed by atoms with Crippen molar-refractivity contribution in [2.45, 2.75) is 13.0 Å². The lowest BCUT2D eigenvalue weighted by Crippen LogP contribution is -2.09. The summed E-state index contributed by atoms with van der Waals surface area (Å²) in [5, 5.41) is 0. The van der Waals surface area contributed by atoms with Crippen molar-refractivity contribution >= 4 is 5.69 Å². The van der Waals surface area contributed by atoms with Crippen molar-refractivity contribution in [2.75, 3.05) is 11.4 Å². The standard InChI is InChI=1S/C15H10F5N/c1-7-4-2-3-5-8(7)9-6-21(9)15-13(19)11(17)10(16)12(18)14(15)20/h2-5,9H,6H2,1H3/t9-,21?/m1/s1. The maximum absolute atomic E-state index is 13.7.